The first kappa shape index (κ1) is 18.8. The number of nitrogens with two attached hydrogens (primary N) is 1. The van der Waals surface area contributed by atoms with E-state index in [0.29, 0.717) is 0 Å². The highest BCUT2D eigenvalue weighted by molar-refractivity contribution is 8.13. The second kappa shape index (κ2) is 6.06. The fourth-order valence-corrected chi connectivity index (χ4v) is 2.17. The van der Waals surface area contributed by atoms with Crippen LogP contribution in [0.4, 0.5) is 26.3 Å². The summed E-state index contributed by atoms with van der Waals surface area (Å²) < 4.78 is 109. The van der Waals surface area contributed by atoms with E-state index in [0.717, 1.165) is 4.13 Å². The van der Waals surface area contributed by atoms with E-state index in [1.165, 1.54) is 0 Å². The normalized spacial score (nSPS) is 15.9. The van der Waals surface area contributed by atoms with Gasteiger partial charge in [-0.2, -0.15) is 26.3 Å². The minimum atomic E-state index is -6.72. The van der Waals surface area contributed by atoms with Crippen LogP contribution >= 0.6 is 0 Å². The Balaban J connectivity index is 0.000000595. The average Bonchev–Trinajstić information content (AvgIpc) is 2.68. The van der Waals surface area contributed by atoms with Gasteiger partial charge in [0, 0.05) is 0 Å². The third-order valence-electron chi connectivity index (χ3n) is 1.24. The highest BCUT2D eigenvalue weighted by atomic mass is 32.3. The molecule has 0 fully saturated rings. The summed E-state index contributed by atoms with van der Waals surface area (Å²) in [6.07, 6.45) is 5.39. The molecule has 0 aromatic rings. The molecule has 0 radical (unpaired) electrons. The predicted molar refractivity (Wildman–Crippen MR) is 52.9 cm³/mol. The van der Waals surface area contributed by atoms with Gasteiger partial charge in [-0.05, 0) is 0 Å². The first-order chi connectivity index (χ1) is 8.71. The summed E-state index contributed by atoms with van der Waals surface area (Å²) >= 11 is 0. The molecule has 0 spiro atoms. The van der Waals surface area contributed by atoms with E-state index in [9.17, 15) is 43.2 Å². The summed E-state index contributed by atoms with van der Waals surface area (Å²) in [6.45, 7) is 0. The highest BCUT2D eigenvalue weighted by Crippen LogP contribution is 2.36. The maximum absolute atomic E-state index is 11.4. The number of sulfonamides is 2. The molecule has 118 valence electrons. The molecular weight excluding hydrogens is 344 g/mol. The van der Waals surface area contributed by atoms with Crippen LogP contribution in [0.1, 0.15) is 0 Å². The lowest BCUT2D eigenvalue weighted by molar-refractivity contribution is -0.447. The van der Waals surface area contributed by atoms with Crippen LogP contribution in [0.25, 0.3) is 4.13 Å². The highest BCUT2D eigenvalue weighted by Gasteiger charge is 2.46. The summed E-state index contributed by atoms with van der Waals surface area (Å²) in [7, 11) is -13.4. The Morgan fingerprint density at radius 1 is 0.900 bits per heavy atom. The molecule has 0 atom stereocenters. The van der Waals surface area contributed by atoms with Crippen molar-refractivity contribution in [2.75, 3.05) is 0 Å². The number of rotatable bonds is 2. The molecule has 0 saturated carbocycles. The molecule has 15 heteroatoms. The number of alkyl halides is 6. The van der Waals surface area contributed by atoms with Crippen molar-refractivity contribution in [1.29, 1.82) is 0 Å². The quantitative estimate of drug-likeness (QED) is 0.714. The second-order valence-corrected chi connectivity index (χ2v) is 6.17. The molecule has 7 nitrogen and oxygen atoms in total. The van der Waals surface area contributed by atoms with Crippen molar-refractivity contribution in [3.63, 3.8) is 0 Å². The summed E-state index contributed by atoms with van der Waals surface area (Å²) in [5, 5.41) is 1.89. The zero-order valence-electron chi connectivity index (χ0n) is 8.92. The van der Waals surface area contributed by atoms with E-state index in [1.54, 1.807) is 12.5 Å². The van der Waals surface area contributed by atoms with Crippen LogP contribution in [0.2, 0.25) is 0 Å². The van der Waals surface area contributed by atoms with Crippen LogP contribution in [0.3, 0.4) is 0 Å². The van der Waals surface area contributed by atoms with Crippen LogP contribution in [0.5, 0.6) is 0 Å². The largest absolute Gasteiger partial charge is 0.480 e. The SMILES string of the molecule is C1=C[NH2+]C=N1.O=S(=O)([N-]S(=O)(=O)C(F)(F)F)C(F)(F)F. The number of nitrogens with zero attached hydrogens (tertiary/aromatic N) is 2. The molecule has 1 aliphatic heterocycles. The zero-order valence-corrected chi connectivity index (χ0v) is 10.6. The molecule has 0 aliphatic carbocycles. The fraction of sp³-hybridized carbons (Fsp3) is 0.400. The first-order valence-electron chi connectivity index (χ1n) is 4.09. The molecule has 0 unspecified atom stereocenters. The molecule has 0 amide bonds. The Morgan fingerprint density at radius 3 is 1.45 bits per heavy atom. The van der Waals surface area contributed by atoms with Gasteiger partial charge in [-0.1, -0.05) is 0 Å². The van der Waals surface area contributed by atoms with Gasteiger partial charge >= 0.3 is 11.0 Å². The number of halogens is 6. The van der Waals surface area contributed by atoms with Crippen molar-refractivity contribution >= 4 is 26.4 Å². The Labute approximate surface area is 108 Å². The molecule has 0 saturated heterocycles. The van der Waals surface area contributed by atoms with E-state index in [-0.39, 0.29) is 0 Å². The van der Waals surface area contributed by atoms with Crippen LogP contribution in [-0.4, -0.2) is 34.2 Å². The minimum Gasteiger partial charge on any atom is -0.421 e. The molecule has 2 N–H and O–H groups in total. The van der Waals surface area contributed by atoms with Crippen molar-refractivity contribution in [3.8, 4) is 0 Å². The lowest BCUT2D eigenvalue weighted by Gasteiger charge is -2.22. The first-order valence-corrected chi connectivity index (χ1v) is 6.97. The number of aliphatic imine (C=N–C) groups is 1. The number of hydrogen-bond donors (Lipinski definition) is 1. The Hall–Kier alpha value is -1.19. The van der Waals surface area contributed by atoms with Crippen molar-refractivity contribution in [1.82, 2.24) is 0 Å². The van der Waals surface area contributed by atoms with Gasteiger partial charge < -0.3 is 4.13 Å². The molecule has 20 heavy (non-hydrogen) atoms. The topological polar surface area (TPSA) is 111 Å². The monoisotopic (exact) mass is 349 g/mol. The lowest BCUT2D eigenvalue weighted by atomic mass is 11.0. The third-order valence-corrected chi connectivity index (χ3v) is 3.98. The molecular formula is C5H5F6N3O4S2. The van der Waals surface area contributed by atoms with Crippen molar-refractivity contribution in [3.05, 3.63) is 16.5 Å². The predicted octanol–water partition coefficient (Wildman–Crippen LogP) is 0.122. The van der Waals surface area contributed by atoms with Gasteiger partial charge in [0.15, 0.2) is 26.4 Å². The number of hydrogen-bond acceptors (Lipinski definition) is 5. The molecule has 0 aromatic carbocycles. The van der Waals surface area contributed by atoms with Gasteiger partial charge in [-0.3, -0.25) is 5.32 Å². The molecule has 1 heterocycles. The number of quaternary nitrogens is 1. The maximum atomic E-state index is 11.4. The van der Waals surface area contributed by atoms with Gasteiger partial charge in [-0.15, -0.1) is 0 Å². The van der Waals surface area contributed by atoms with Crippen molar-refractivity contribution < 1.29 is 48.5 Å². The molecule has 0 aromatic heterocycles. The van der Waals surface area contributed by atoms with Crippen molar-refractivity contribution in [2.45, 2.75) is 11.0 Å². The van der Waals surface area contributed by atoms with E-state index in [1.807, 2.05) is 11.5 Å². The van der Waals surface area contributed by atoms with E-state index >= 15 is 0 Å². The van der Waals surface area contributed by atoms with Crippen LogP contribution < -0.4 is 5.32 Å². The second-order valence-electron chi connectivity index (χ2n) is 2.75. The zero-order chi connectivity index (χ0) is 16.2. The third kappa shape index (κ3) is 5.43. The van der Waals surface area contributed by atoms with Gasteiger partial charge in [0.1, 0.15) is 6.20 Å². The smallest absolute Gasteiger partial charge is 0.421 e. The van der Waals surface area contributed by atoms with Crippen LogP contribution in [-0.2, 0) is 20.0 Å². The minimum absolute atomic E-state index is 0.778. The van der Waals surface area contributed by atoms with Crippen molar-refractivity contribution in [2.24, 2.45) is 4.99 Å². The maximum Gasteiger partial charge on any atom is 0.480 e. The summed E-state index contributed by atoms with van der Waals surface area (Å²) in [5.41, 5.74) is -12.4. The van der Waals surface area contributed by atoms with E-state index in [2.05, 4.69) is 4.99 Å². The molecule has 0 bridgehead atoms. The van der Waals surface area contributed by atoms with Crippen LogP contribution in [0.15, 0.2) is 17.4 Å². The van der Waals surface area contributed by atoms with E-state index in [4.69, 9.17) is 0 Å². The van der Waals surface area contributed by atoms with Gasteiger partial charge in [0.2, 0.25) is 0 Å². The van der Waals surface area contributed by atoms with E-state index < -0.39 is 31.1 Å². The van der Waals surface area contributed by atoms with Crippen LogP contribution in [0, 0.1) is 0 Å². The lowest BCUT2D eigenvalue weighted by Crippen LogP contribution is -2.74. The average molecular weight is 349 g/mol. The summed E-state index contributed by atoms with van der Waals surface area (Å²) in [4.78, 5) is 3.72. The van der Waals surface area contributed by atoms with Gasteiger partial charge in [-0.25, -0.2) is 21.8 Å². The standard InChI is InChI=1S/C3H4N2.C2F6NO4S2/c1-2-5-3-4-1;3-1(4,5)14(10,11)9-15(12,13)2(6,7)8/h1-3H,(H,4,5);/q;-1/p+1. The Morgan fingerprint density at radius 2 is 1.30 bits per heavy atom. The van der Waals surface area contributed by atoms with Gasteiger partial charge in [0.25, 0.3) is 0 Å². The fourth-order valence-electron chi connectivity index (χ4n) is 0.462. The Bertz CT molecular complexity index is 535. The molecule has 1 aliphatic rings. The summed E-state index contributed by atoms with van der Waals surface area (Å²) in [6, 6.07) is 0. The molecule has 1 rings (SSSR count). The van der Waals surface area contributed by atoms with Gasteiger partial charge in [0.05, 0.1) is 6.20 Å². The Kier molecular flexibility index (Phi) is 5.70. The summed E-state index contributed by atoms with van der Waals surface area (Å²) in [5.74, 6) is 0.